The number of ether oxygens (including phenoxy) is 1. The Labute approximate surface area is 162 Å². The maximum Gasteiger partial charge on any atom is 0.132 e. The molecule has 2 aliphatic heterocycles. The minimum atomic E-state index is 0.173. The van der Waals surface area contributed by atoms with Crippen molar-refractivity contribution in [1.29, 1.82) is 0 Å². The summed E-state index contributed by atoms with van der Waals surface area (Å²) >= 11 is 0. The van der Waals surface area contributed by atoms with Crippen LogP contribution in [-0.2, 0) is 0 Å². The second-order valence-corrected chi connectivity index (χ2v) is 7.31. The Morgan fingerprint density at radius 1 is 1.07 bits per heavy atom. The zero-order valence-electron chi connectivity index (χ0n) is 16.2. The second-order valence-electron chi connectivity index (χ2n) is 7.31. The highest BCUT2D eigenvalue weighted by atomic mass is 16.5. The fourth-order valence-electron chi connectivity index (χ4n) is 3.99. The van der Waals surface area contributed by atoms with Crippen LogP contribution in [0.5, 0.6) is 11.5 Å². The lowest BCUT2D eigenvalue weighted by Gasteiger charge is -2.32. The van der Waals surface area contributed by atoms with Crippen LogP contribution < -0.4 is 10.1 Å². The van der Waals surface area contributed by atoms with Crippen LogP contribution in [0.15, 0.2) is 53.5 Å². The molecular weight excluding hydrogens is 334 g/mol. The third-order valence-corrected chi connectivity index (χ3v) is 5.41. The predicted octanol–water partition coefficient (Wildman–Crippen LogP) is 4.77. The van der Waals surface area contributed by atoms with Crippen LogP contribution in [0.4, 0.5) is 0 Å². The van der Waals surface area contributed by atoms with Gasteiger partial charge in [0.1, 0.15) is 11.5 Å². The Hall–Kier alpha value is -2.33. The molecule has 0 atom stereocenters. The number of nitrogens with one attached hydrogen (secondary N) is 1. The molecule has 0 unspecified atom stereocenters. The van der Waals surface area contributed by atoms with Crippen molar-refractivity contribution in [1.82, 2.24) is 10.2 Å². The maximum atomic E-state index is 6.10. The zero-order valence-corrected chi connectivity index (χ0v) is 16.2. The number of rotatable bonds is 7. The first-order valence-corrected chi connectivity index (χ1v) is 10.2. The van der Waals surface area contributed by atoms with Gasteiger partial charge in [-0.15, -0.1) is 0 Å². The molecule has 4 nitrogen and oxygen atoms in total. The first-order valence-electron chi connectivity index (χ1n) is 10.2. The number of fused-ring (bicyclic) bond motifs is 2. The van der Waals surface area contributed by atoms with Gasteiger partial charge in [0, 0.05) is 43.7 Å². The van der Waals surface area contributed by atoms with E-state index in [1.54, 1.807) is 0 Å². The van der Waals surface area contributed by atoms with Crippen molar-refractivity contribution in [3.8, 4) is 11.5 Å². The van der Waals surface area contributed by atoms with Crippen LogP contribution in [-0.4, -0.2) is 36.9 Å². The summed E-state index contributed by atoms with van der Waals surface area (Å²) in [4.78, 5) is 7.26. The molecular formula is C23H29N3O. The highest BCUT2D eigenvalue weighted by Crippen LogP contribution is 2.42. The van der Waals surface area contributed by atoms with Crippen molar-refractivity contribution in [3.63, 3.8) is 0 Å². The largest absolute Gasteiger partial charge is 0.457 e. The van der Waals surface area contributed by atoms with E-state index < -0.39 is 0 Å². The van der Waals surface area contributed by atoms with Gasteiger partial charge in [-0.2, -0.15) is 0 Å². The smallest absolute Gasteiger partial charge is 0.132 e. The van der Waals surface area contributed by atoms with E-state index in [4.69, 9.17) is 9.73 Å². The van der Waals surface area contributed by atoms with E-state index in [0.29, 0.717) is 0 Å². The summed E-state index contributed by atoms with van der Waals surface area (Å²) in [5, 5.41) is 3.78. The summed E-state index contributed by atoms with van der Waals surface area (Å²) in [5.74, 6) is 3.21. The fourth-order valence-corrected chi connectivity index (χ4v) is 3.99. The van der Waals surface area contributed by atoms with Gasteiger partial charge < -0.3 is 15.0 Å². The minimum absolute atomic E-state index is 0.173. The number of unbranched alkanes of at least 4 members (excludes halogenated alkanes) is 1. The van der Waals surface area contributed by atoms with E-state index in [1.165, 1.54) is 36.2 Å². The molecule has 0 saturated heterocycles. The Balaban J connectivity index is 1.45. The van der Waals surface area contributed by atoms with E-state index >= 15 is 0 Å². The number of hydrogen-bond acceptors (Lipinski definition) is 4. The van der Waals surface area contributed by atoms with Crippen LogP contribution in [0, 0.1) is 0 Å². The van der Waals surface area contributed by atoms with Gasteiger partial charge in [0.25, 0.3) is 0 Å². The maximum absolute atomic E-state index is 6.10. The molecule has 0 radical (unpaired) electrons. The molecule has 0 aromatic heterocycles. The zero-order chi connectivity index (χ0) is 18.5. The van der Waals surface area contributed by atoms with E-state index in [-0.39, 0.29) is 6.04 Å². The molecule has 0 amide bonds. The number of nitrogens with zero attached hydrogens (tertiary/aromatic N) is 2. The van der Waals surface area contributed by atoms with E-state index in [0.717, 1.165) is 44.1 Å². The van der Waals surface area contributed by atoms with Gasteiger partial charge >= 0.3 is 0 Å². The van der Waals surface area contributed by atoms with Crippen molar-refractivity contribution in [3.05, 3.63) is 59.7 Å². The summed E-state index contributed by atoms with van der Waals surface area (Å²) in [7, 11) is 0. The molecule has 142 valence electrons. The number of para-hydroxylation sites is 2. The minimum Gasteiger partial charge on any atom is -0.457 e. The summed E-state index contributed by atoms with van der Waals surface area (Å²) in [6.45, 7) is 6.30. The standard InChI is InChI=1S/C23H29N3O/c1-2-3-13-22-24-14-8-16-26(22)17-15-25-23-18-9-4-6-11-20(18)27-21-12-7-5-10-19(21)23/h4-7,9-12,23,25H,2-3,8,13-17H2,1H3. The van der Waals surface area contributed by atoms with E-state index in [1.807, 2.05) is 12.1 Å². The van der Waals surface area contributed by atoms with Gasteiger partial charge in [-0.3, -0.25) is 4.99 Å². The van der Waals surface area contributed by atoms with Crippen molar-refractivity contribution < 1.29 is 4.74 Å². The highest BCUT2D eigenvalue weighted by Gasteiger charge is 2.26. The molecule has 0 aliphatic carbocycles. The molecule has 27 heavy (non-hydrogen) atoms. The summed E-state index contributed by atoms with van der Waals surface area (Å²) in [6.07, 6.45) is 4.72. The van der Waals surface area contributed by atoms with Crippen molar-refractivity contribution in [2.24, 2.45) is 4.99 Å². The first kappa shape index (κ1) is 18.1. The number of aliphatic imine (C=N–C) groups is 1. The van der Waals surface area contributed by atoms with E-state index in [2.05, 4.69) is 53.5 Å². The molecule has 4 heteroatoms. The van der Waals surface area contributed by atoms with Gasteiger partial charge in [0.05, 0.1) is 11.9 Å². The molecule has 0 saturated carbocycles. The van der Waals surface area contributed by atoms with E-state index in [9.17, 15) is 0 Å². The first-order chi connectivity index (χ1) is 13.4. The normalized spacial score (nSPS) is 16.3. The lowest BCUT2D eigenvalue weighted by Crippen LogP contribution is -2.41. The van der Waals surface area contributed by atoms with Gasteiger partial charge in [-0.05, 0) is 25.0 Å². The highest BCUT2D eigenvalue weighted by molar-refractivity contribution is 5.82. The van der Waals surface area contributed by atoms with Gasteiger partial charge in [0.2, 0.25) is 0 Å². The average Bonchev–Trinajstić information content (AvgIpc) is 2.72. The number of benzene rings is 2. The molecule has 2 heterocycles. The molecule has 4 rings (SSSR count). The van der Waals surface area contributed by atoms with Crippen molar-refractivity contribution >= 4 is 5.84 Å². The Kier molecular flexibility index (Phi) is 5.73. The topological polar surface area (TPSA) is 36.9 Å². The lowest BCUT2D eigenvalue weighted by atomic mass is 9.94. The molecule has 0 fully saturated rings. The summed E-state index contributed by atoms with van der Waals surface area (Å²) in [5.41, 5.74) is 2.43. The van der Waals surface area contributed by atoms with Crippen LogP contribution >= 0.6 is 0 Å². The summed E-state index contributed by atoms with van der Waals surface area (Å²) < 4.78 is 6.10. The summed E-state index contributed by atoms with van der Waals surface area (Å²) in [6, 6.07) is 16.9. The van der Waals surface area contributed by atoms with Crippen molar-refractivity contribution in [2.45, 2.75) is 38.6 Å². The van der Waals surface area contributed by atoms with Crippen LogP contribution in [0.3, 0.4) is 0 Å². The van der Waals surface area contributed by atoms with Gasteiger partial charge in [-0.1, -0.05) is 49.7 Å². The molecule has 0 bridgehead atoms. The van der Waals surface area contributed by atoms with Crippen LogP contribution in [0.2, 0.25) is 0 Å². The average molecular weight is 364 g/mol. The van der Waals surface area contributed by atoms with Crippen LogP contribution in [0.25, 0.3) is 0 Å². The molecule has 2 aromatic carbocycles. The number of amidine groups is 1. The number of hydrogen-bond donors (Lipinski definition) is 1. The van der Waals surface area contributed by atoms with Gasteiger partial charge in [0.15, 0.2) is 0 Å². The lowest BCUT2D eigenvalue weighted by molar-refractivity contribution is 0.366. The van der Waals surface area contributed by atoms with Gasteiger partial charge in [-0.25, -0.2) is 0 Å². The van der Waals surface area contributed by atoms with Crippen molar-refractivity contribution in [2.75, 3.05) is 26.2 Å². The Morgan fingerprint density at radius 3 is 2.48 bits per heavy atom. The quantitative estimate of drug-likeness (QED) is 0.770. The molecule has 1 N–H and O–H groups in total. The second kappa shape index (κ2) is 8.57. The Bertz CT molecular complexity index is 756. The van der Waals surface area contributed by atoms with Crippen LogP contribution in [0.1, 0.15) is 49.8 Å². The molecule has 2 aromatic rings. The predicted molar refractivity (Wildman–Crippen MR) is 111 cm³/mol. The fraction of sp³-hybridized carbons (Fsp3) is 0.435. The Morgan fingerprint density at radius 2 is 1.78 bits per heavy atom. The monoisotopic (exact) mass is 363 g/mol. The SMILES string of the molecule is CCCCC1=NCCCN1CCNC1c2ccccc2Oc2ccccc21. The third-order valence-electron chi connectivity index (χ3n) is 5.41. The third kappa shape index (κ3) is 4.01. The molecule has 2 aliphatic rings. The molecule has 0 spiro atoms.